The molecule has 2 atom stereocenters. The average molecular weight is 544 g/mol. The van der Waals surface area contributed by atoms with Gasteiger partial charge in [0.15, 0.2) is 5.96 Å². The number of imidazole rings is 1. The maximum absolute atomic E-state index is 4.43. The second-order valence-corrected chi connectivity index (χ2v) is 8.32. The van der Waals surface area contributed by atoms with Gasteiger partial charge in [-0.15, -0.1) is 24.0 Å². The van der Waals surface area contributed by atoms with Crippen LogP contribution in [-0.4, -0.2) is 46.1 Å². The van der Waals surface area contributed by atoms with E-state index < -0.39 is 0 Å². The Balaban J connectivity index is 0.00000289. The van der Waals surface area contributed by atoms with Crippen molar-refractivity contribution in [2.45, 2.75) is 45.1 Å². The Kier molecular flexibility index (Phi) is 9.11. The molecule has 32 heavy (non-hydrogen) atoms. The number of likely N-dealkylation sites (tertiary alicyclic amines) is 1. The molecular weight excluding hydrogens is 511 g/mol. The molecule has 1 aliphatic rings. The monoisotopic (exact) mass is 544 g/mol. The molecule has 0 saturated carbocycles. The van der Waals surface area contributed by atoms with Crippen molar-refractivity contribution in [2.75, 3.05) is 13.6 Å². The second-order valence-electron chi connectivity index (χ2n) is 8.32. The smallest absolute Gasteiger partial charge is 0.191 e. The minimum absolute atomic E-state index is 0. The molecule has 0 aliphatic carbocycles. The highest BCUT2D eigenvalue weighted by molar-refractivity contribution is 14.0. The third kappa shape index (κ3) is 6.80. The molecule has 170 valence electrons. The van der Waals surface area contributed by atoms with Crippen LogP contribution >= 0.6 is 24.0 Å². The molecule has 0 radical (unpaired) electrons. The molecule has 7 heteroatoms. The van der Waals surface area contributed by atoms with Crippen LogP contribution in [0.2, 0.25) is 0 Å². The van der Waals surface area contributed by atoms with Crippen LogP contribution in [0, 0.1) is 0 Å². The summed E-state index contributed by atoms with van der Waals surface area (Å²) in [4.78, 5) is 11.1. The van der Waals surface area contributed by atoms with Gasteiger partial charge in [-0.1, -0.05) is 54.6 Å². The first-order valence-corrected chi connectivity index (χ1v) is 11.0. The van der Waals surface area contributed by atoms with Gasteiger partial charge < -0.3 is 15.2 Å². The largest absolute Gasteiger partial charge is 0.352 e. The van der Waals surface area contributed by atoms with E-state index in [1.807, 2.05) is 25.8 Å². The number of aromatic nitrogens is 2. The van der Waals surface area contributed by atoms with Gasteiger partial charge in [0.2, 0.25) is 0 Å². The average Bonchev–Trinajstić information content (AvgIpc) is 3.42. The van der Waals surface area contributed by atoms with Crippen LogP contribution in [0.1, 0.15) is 30.0 Å². The van der Waals surface area contributed by atoms with E-state index in [4.69, 9.17) is 0 Å². The van der Waals surface area contributed by atoms with E-state index in [1.165, 1.54) is 16.7 Å². The van der Waals surface area contributed by atoms with Gasteiger partial charge in [0.25, 0.3) is 0 Å². The topological polar surface area (TPSA) is 57.5 Å². The van der Waals surface area contributed by atoms with E-state index >= 15 is 0 Å². The molecule has 6 nitrogen and oxygen atoms in total. The van der Waals surface area contributed by atoms with Crippen molar-refractivity contribution < 1.29 is 0 Å². The first kappa shape index (κ1) is 24.3. The predicted octanol–water partition coefficient (Wildman–Crippen LogP) is 3.88. The van der Waals surface area contributed by atoms with E-state index in [9.17, 15) is 0 Å². The number of rotatable bonds is 7. The normalized spacial score (nSPS) is 18.9. The molecule has 3 aromatic rings. The van der Waals surface area contributed by atoms with Crippen molar-refractivity contribution in [1.29, 1.82) is 0 Å². The Morgan fingerprint density at radius 2 is 1.75 bits per heavy atom. The van der Waals surface area contributed by atoms with Gasteiger partial charge in [-0.2, -0.15) is 0 Å². The number of guanidine groups is 1. The van der Waals surface area contributed by atoms with Gasteiger partial charge in [-0.05, 0) is 30.0 Å². The highest BCUT2D eigenvalue weighted by atomic mass is 127. The van der Waals surface area contributed by atoms with Gasteiger partial charge in [-0.25, -0.2) is 4.98 Å². The Bertz CT molecular complexity index is 956. The Labute approximate surface area is 208 Å². The Hall–Kier alpha value is -2.39. The Morgan fingerprint density at radius 3 is 2.44 bits per heavy atom. The van der Waals surface area contributed by atoms with Crippen LogP contribution in [0.5, 0.6) is 0 Å². The van der Waals surface area contributed by atoms with Crippen molar-refractivity contribution >= 4 is 29.9 Å². The third-order valence-electron chi connectivity index (χ3n) is 5.90. The zero-order valence-electron chi connectivity index (χ0n) is 18.8. The summed E-state index contributed by atoms with van der Waals surface area (Å²) in [5, 5.41) is 7.07. The molecule has 2 unspecified atom stereocenters. The van der Waals surface area contributed by atoms with Crippen LogP contribution in [-0.2, 0) is 19.6 Å². The summed E-state index contributed by atoms with van der Waals surface area (Å²) in [6, 6.07) is 20.4. The van der Waals surface area contributed by atoms with Gasteiger partial charge in [0, 0.05) is 57.7 Å². The first-order chi connectivity index (χ1) is 15.2. The lowest BCUT2D eigenvalue weighted by atomic mass is 10.1. The molecule has 0 amide bonds. The summed E-state index contributed by atoms with van der Waals surface area (Å²) in [5.74, 6) is 0.862. The molecule has 2 N–H and O–H groups in total. The Morgan fingerprint density at radius 1 is 1.03 bits per heavy atom. The van der Waals surface area contributed by atoms with Gasteiger partial charge in [0.1, 0.15) is 0 Å². The minimum Gasteiger partial charge on any atom is -0.352 e. The van der Waals surface area contributed by atoms with Crippen LogP contribution in [0.15, 0.2) is 78.3 Å². The fourth-order valence-corrected chi connectivity index (χ4v) is 4.17. The lowest BCUT2D eigenvalue weighted by Crippen LogP contribution is -2.44. The number of nitrogens with zero attached hydrogens (tertiary/aromatic N) is 4. The number of benzene rings is 2. The van der Waals surface area contributed by atoms with E-state index in [0.29, 0.717) is 12.1 Å². The van der Waals surface area contributed by atoms with Crippen molar-refractivity contribution in [1.82, 2.24) is 25.1 Å². The van der Waals surface area contributed by atoms with Crippen LogP contribution in [0.3, 0.4) is 0 Å². The van der Waals surface area contributed by atoms with Gasteiger partial charge in [0.05, 0.1) is 6.33 Å². The van der Waals surface area contributed by atoms with Crippen molar-refractivity contribution in [3.63, 3.8) is 0 Å². The molecular formula is C25H33IN6. The zero-order valence-corrected chi connectivity index (χ0v) is 21.1. The molecule has 1 fully saturated rings. The zero-order chi connectivity index (χ0) is 21.5. The maximum atomic E-state index is 4.43. The number of hydrogen-bond acceptors (Lipinski definition) is 3. The first-order valence-electron chi connectivity index (χ1n) is 11.0. The molecule has 2 aromatic carbocycles. The molecule has 1 aromatic heterocycles. The van der Waals surface area contributed by atoms with E-state index in [1.54, 1.807) is 0 Å². The van der Waals surface area contributed by atoms with Gasteiger partial charge >= 0.3 is 0 Å². The SMILES string of the molecule is CN=C(NCc1ccc(Cn2ccnc2)cc1)NC1CC(C)N(Cc2ccccc2)C1.I. The summed E-state index contributed by atoms with van der Waals surface area (Å²) in [6.07, 6.45) is 6.76. The van der Waals surface area contributed by atoms with Crippen molar-refractivity contribution in [3.8, 4) is 0 Å². The fourth-order valence-electron chi connectivity index (χ4n) is 4.17. The predicted molar refractivity (Wildman–Crippen MR) is 141 cm³/mol. The number of nitrogens with one attached hydrogen (secondary N) is 2. The molecule has 1 saturated heterocycles. The molecule has 0 spiro atoms. The van der Waals surface area contributed by atoms with E-state index in [0.717, 1.165) is 38.6 Å². The second kappa shape index (κ2) is 12.0. The lowest BCUT2D eigenvalue weighted by molar-refractivity contribution is 0.258. The summed E-state index contributed by atoms with van der Waals surface area (Å²) in [6.45, 7) is 5.93. The van der Waals surface area contributed by atoms with Crippen LogP contribution in [0.25, 0.3) is 0 Å². The quantitative estimate of drug-likeness (QED) is 0.270. The van der Waals surface area contributed by atoms with Crippen molar-refractivity contribution in [3.05, 3.63) is 90.0 Å². The number of hydrogen-bond donors (Lipinski definition) is 2. The maximum Gasteiger partial charge on any atom is 0.191 e. The van der Waals surface area contributed by atoms with E-state index in [-0.39, 0.29) is 24.0 Å². The van der Waals surface area contributed by atoms with Crippen molar-refractivity contribution in [2.24, 2.45) is 4.99 Å². The number of halogens is 1. The molecule has 2 heterocycles. The fraction of sp³-hybridized carbons (Fsp3) is 0.360. The third-order valence-corrected chi connectivity index (χ3v) is 5.90. The minimum atomic E-state index is 0. The highest BCUT2D eigenvalue weighted by Crippen LogP contribution is 2.20. The summed E-state index contributed by atoms with van der Waals surface area (Å²) >= 11 is 0. The summed E-state index contributed by atoms with van der Waals surface area (Å²) < 4.78 is 2.07. The molecule has 4 rings (SSSR count). The highest BCUT2D eigenvalue weighted by Gasteiger charge is 2.29. The molecule has 0 bridgehead atoms. The van der Waals surface area contributed by atoms with Crippen LogP contribution in [0.4, 0.5) is 0 Å². The summed E-state index contributed by atoms with van der Waals surface area (Å²) in [5.41, 5.74) is 3.87. The molecule has 1 aliphatic heterocycles. The summed E-state index contributed by atoms with van der Waals surface area (Å²) in [7, 11) is 1.84. The number of aliphatic imine (C=N–C) groups is 1. The lowest BCUT2D eigenvalue weighted by Gasteiger charge is -2.21. The van der Waals surface area contributed by atoms with E-state index in [2.05, 4.69) is 91.6 Å². The van der Waals surface area contributed by atoms with Crippen LogP contribution < -0.4 is 10.6 Å². The van der Waals surface area contributed by atoms with Gasteiger partial charge in [-0.3, -0.25) is 9.89 Å². The standard InChI is InChI=1S/C25H32N6.HI/c1-20-14-24(18-31(20)17-22-6-4-3-5-7-22)29-25(26-2)28-15-21-8-10-23(11-9-21)16-30-13-12-27-19-30;/h3-13,19-20,24H,14-18H2,1-2H3,(H2,26,28,29);1H.